The number of sulfonamides is 1. The fourth-order valence-electron chi connectivity index (χ4n) is 2.83. The van der Waals surface area contributed by atoms with Crippen molar-refractivity contribution in [2.75, 3.05) is 18.1 Å². The molecule has 0 fully saturated rings. The van der Waals surface area contributed by atoms with Crippen molar-refractivity contribution in [1.82, 2.24) is 4.31 Å². The van der Waals surface area contributed by atoms with Crippen LogP contribution in [0.3, 0.4) is 0 Å². The van der Waals surface area contributed by atoms with E-state index in [0.717, 1.165) is 45.9 Å². The van der Waals surface area contributed by atoms with Gasteiger partial charge >= 0.3 is 0 Å². The minimum absolute atomic E-state index is 0.148. The molecule has 0 aliphatic rings. The Kier molecular flexibility index (Phi) is 7.59. The molecule has 0 spiro atoms. The highest BCUT2D eigenvalue weighted by atomic mass is 79.9. The summed E-state index contributed by atoms with van der Waals surface area (Å²) in [6.45, 7) is 3.98. The number of hydrogen-bond donors (Lipinski definition) is 1. The molecule has 2 rings (SSSR count). The van der Waals surface area contributed by atoms with Gasteiger partial charge in [0.05, 0.1) is 12.8 Å². The molecule has 27 heavy (non-hydrogen) atoms. The minimum Gasteiger partial charge on any atom is -0.324 e. The van der Waals surface area contributed by atoms with Gasteiger partial charge in [-0.15, -0.1) is 0 Å². The van der Waals surface area contributed by atoms with E-state index >= 15 is 0 Å². The first-order chi connectivity index (χ1) is 12.7. The average molecular weight is 453 g/mol. The summed E-state index contributed by atoms with van der Waals surface area (Å²) in [7, 11) is -3.53. The van der Waals surface area contributed by atoms with E-state index in [1.165, 1.54) is 4.31 Å². The summed E-state index contributed by atoms with van der Waals surface area (Å²) in [6.07, 6.45) is 2.70. The maximum absolute atomic E-state index is 12.6. The first kappa shape index (κ1) is 21.6. The van der Waals surface area contributed by atoms with Crippen molar-refractivity contribution in [3.63, 3.8) is 0 Å². The van der Waals surface area contributed by atoms with Gasteiger partial charge in [0.15, 0.2) is 0 Å². The van der Waals surface area contributed by atoms with Crippen LogP contribution in [-0.4, -0.2) is 31.4 Å². The first-order valence-corrected chi connectivity index (χ1v) is 11.5. The van der Waals surface area contributed by atoms with Gasteiger partial charge in [-0.2, -0.15) is 4.31 Å². The molecule has 0 heterocycles. The van der Waals surface area contributed by atoms with Gasteiger partial charge in [0.2, 0.25) is 15.9 Å². The van der Waals surface area contributed by atoms with Gasteiger partial charge in [0, 0.05) is 16.7 Å². The van der Waals surface area contributed by atoms with Crippen LogP contribution in [0.15, 0.2) is 46.9 Å². The van der Waals surface area contributed by atoms with E-state index in [1.807, 2.05) is 56.3 Å². The summed E-state index contributed by atoms with van der Waals surface area (Å²) in [6, 6.07) is 13.3. The van der Waals surface area contributed by atoms with E-state index < -0.39 is 10.0 Å². The molecule has 1 amide bonds. The Morgan fingerprint density at radius 2 is 1.59 bits per heavy atom. The molecule has 0 saturated carbocycles. The zero-order valence-corrected chi connectivity index (χ0v) is 18.2. The maximum atomic E-state index is 12.6. The number of hydrogen-bond acceptors (Lipinski definition) is 3. The highest BCUT2D eigenvalue weighted by Gasteiger charge is 2.21. The molecule has 0 bridgehead atoms. The quantitative estimate of drug-likeness (QED) is 0.658. The number of halogens is 1. The van der Waals surface area contributed by atoms with E-state index in [0.29, 0.717) is 0 Å². The molecular formula is C20H25BrN2O3S. The molecule has 0 aromatic heterocycles. The summed E-state index contributed by atoms with van der Waals surface area (Å²) in [5.41, 5.74) is 3.70. The molecule has 7 heteroatoms. The van der Waals surface area contributed by atoms with E-state index in [1.54, 1.807) is 0 Å². The number of para-hydroxylation sites is 1. The standard InChI is InChI=1S/C20H25BrN2O3S/c1-4-16-7-6-8-17(5-2)20(16)22-19(24)14-23(27(3,25)26)13-15-9-11-18(21)12-10-15/h6-12H,4-5,13-14H2,1-3H3,(H,22,24). The van der Waals surface area contributed by atoms with Crippen LogP contribution >= 0.6 is 15.9 Å². The smallest absolute Gasteiger partial charge is 0.239 e. The molecule has 1 N–H and O–H groups in total. The van der Waals surface area contributed by atoms with Crippen molar-refractivity contribution in [2.45, 2.75) is 33.2 Å². The topological polar surface area (TPSA) is 66.5 Å². The predicted molar refractivity (Wildman–Crippen MR) is 113 cm³/mol. The Labute approximate surface area is 170 Å². The van der Waals surface area contributed by atoms with Crippen LogP contribution < -0.4 is 5.32 Å². The van der Waals surface area contributed by atoms with E-state index in [2.05, 4.69) is 21.2 Å². The Balaban J connectivity index is 2.19. The number of nitrogens with one attached hydrogen (secondary N) is 1. The minimum atomic E-state index is -3.53. The molecule has 0 saturated heterocycles. The lowest BCUT2D eigenvalue weighted by atomic mass is 10.0. The van der Waals surface area contributed by atoms with Gasteiger partial charge in [-0.1, -0.05) is 60.1 Å². The predicted octanol–water partition coefficient (Wildman–Crippen LogP) is 3.97. The SMILES string of the molecule is CCc1cccc(CC)c1NC(=O)CN(Cc1ccc(Br)cc1)S(C)(=O)=O. The highest BCUT2D eigenvalue weighted by Crippen LogP contribution is 2.23. The maximum Gasteiger partial charge on any atom is 0.239 e. The second-order valence-electron chi connectivity index (χ2n) is 6.36. The van der Waals surface area contributed by atoms with Crippen LogP contribution in [0.1, 0.15) is 30.5 Å². The van der Waals surface area contributed by atoms with Crippen LogP contribution in [0.25, 0.3) is 0 Å². The molecule has 0 radical (unpaired) electrons. The third kappa shape index (κ3) is 6.16. The number of amides is 1. The number of carbonyl (C=O) groups excluding carboxylic acids is 1. The molecule has 0 atom stereocenters. The number of nitrogens with zero attached hydrogens (tertiary/aromatic N) is 1. The normalized spacial score (nSPS) is 11.6. The van der Waals surface area contributed by atoms with Gasteiger partial charge in [-0.05, 0) is 41.7 Å². The third-order valence-corrected chi connectivity index (χ3v) is 6.05. The summed E-state index contributed by atoms with van der Waals surface area (Å²) < 4.78 is 26.4. The Morgan fingerprint density at radius 3 is 2.07 bits per heavy atom. The molecule has 0 aliphatic heterocycles. The van der Waals surface area contributed by atoms with Crippen LogP contribution in [0.2, 0.25) is 0 Å². The van der Waals surface area contributed by atoms with Gasteiger partial charge in [0.25, 0.3) is 0 Å². The highest BCUT2D eigenvalue weighted by molar-refractivity contribution is 9.10. The van der Waals surface area contributed by atoms with Crippen molar-refractivity contribution in [3.05, 3.63) is 63.6 Å². The number of aryl methyl sites for hydroxylation is 2. The van der Waals surface area contributed by atoms with Crippen molar-refractivity contribution < 1.29 is 13.2 Å². The summed E-state index contributed by atoms with van der Waals surface area (Å²) in [5.74, 6) is -0.340. The zero-order valence-electron chi connectivity index (χ0n) is 15.8. The Morgan fingerprint density at radius 1 is 1.04 bits per heavy atom. The lowest BCUT2D eigenvalue weighted by Crippen LogP contribution is -2.37. The third-order valence-electron chi connectivity index (χ3n) is 4.32. The molecule has 146 valence electrons. The summed E-state index contributed by atoms with van der Waals surface area (Å²) in [4.78, 5) is 12.6. The van der Waals surface area contributed by atoms with Crippen LogP contribution in [-0.2, 0) is 34.2 Å². The lowest BCUT2D eigenvalue weighted by Gasteiger charge is -2.21. The van der Waals surface area contributed by atoms with Crippen molar-refractivity contribution in [2.24, 2.45) is 0 Å². The van der Waals surface area contributed by atoms with Crippen LogP contribution in [0, 0.1) is 0 Å². The van der Waals surface area contributed by atoms with Crippen molar-refractivity contribution >= 4 is 37.5 Å². The molecule has 5 nitrogen and oxygen atoms in total. The molecule has 0 unspecified atom stereocenters. The Hall–Kier alpha value is -1.70. The van der Waals surface area contributed by atoms with E-state index in [-0.39, 0.29) is 19.0 Å². The number of anilines is 1. The van der Waals surface area contributed by atoms with Crippen LogP contribution in [0.5, 0.6) is 0 Å². The summed E-state index contributed by atoms with van der Waals surface area (Å²) in [5, 5.41) is 2.93. The van der Waals surface area contributed by atoms with E-state index in [4.69, 9.17) is 0 Å². The average Bonchev–Trinajstić information content (AvgIpc) is 2.62. The molecule has 0 aliphatic carbocycles. The Bertz CT molecular complexity index is 874. The molecule has 2 aromatic carbocycles. The monoisotopic (exact) mass is 452 g/mol. The van der Waals surface area contributed by atoms with Gasteiger partial charge in [-0.3, -0.25) is 4.79 Å². The van der Waals surface area contributed by atoms with Crippen molar-refractivity contribution in [1.29, 1.82) is 0 Å². The van der Waals surface area contributed by atoms with Crippen molar-refractivity contribution in [3.8, 4) is 0 Å². The zero-order chi connectivity index (χ0) is 20.0. The van der Waals surface area contributed by atoms with E-state index in [9.17, 15) is 13.2 Å². The fraction of sp³-hybridized carbons (Fsp3) is 0.350. The summed E-state index contributed by atoms with van der Waals surface area (Å²) >= 11 is 3.36. The number of benzene rings is 2. The van der Waals surface area contributed by atoms with Crippen LogP contribution in [0.4, 0.5) is 5.69 Å². The van der Waals surface area contributed by atoms with Gasteiger partial charge in [-0.25, -0.2) is 8.42 Å². The number of rotatable bonds is 8. The molecule has 2 aromatic rings. The van der Waals surface area contributed by atoms with Gasteiger partial charge < -0.3 is 5.32 Å². The fourth-order valence-corrected chi connectivity index (χ4v) is 3.83. The van der Waals surface area contributed by atoms with Gasteiger partial charge in [0.1, 0.15) is 0 Å². The largest absolute Gasteiger partial charge is 0.324 e. The second kappa shape index (κ2) is 9.48. The second-order valence-corrected chi connectivity index (χ2v) is 9.26. The first-order valence-electron chi connectivity index (χ1n) is 8.84. The number of carbonyl (C=O) groups is 1. The lowest BCUT2D eigenvalue weighted by molar-refractivity contribution is -0.116. The molecular weight excluding hydrogens is 428 g/mol.